The first-order valence-electron chi connectivity index (χ1n) is 6.33. The number of aliphatic hydroxyl groups is 1. The molecule has 0 saturated carbocycles. The molecule has 18 heavy (non-hydrogen) atoms. The lowest BCUT2D eigenvalue weighted by Gasteiger charge is -2.23. The molecule has 1 N–H and O–H groups in total. The van der Waals surface area contributed by atoms with E-state index in [0.29, 0.717) is 6.42 Å². The van der Waals surface area contributed by atoms with Crippen LogP contribution in [0.3, 0.4) is 0 Å². The van der Waals surface area contributed by atoms with Gasteiger partial charge in [-0.05, 0) is 36.6 Å². The summed E-state index contributed by atoms with van der Waals surface area (Å²) in [6, 6.07) is 13.9. The van der Waals surface area contributed by atoms with E-state index in [0.717, 1.165) is 17.7 Å². The Morgan fingerprint density at radius 2 is 1.83 bits per heavy atom. The average Bonchev–Trinajstić information content (AvgIpc) is 2.39. The van der Waals surface area contributed by atoms with Crippen molar-refractivity contribution in [1.29, 1.82) is 0 Å². The zero-order chi connectivity index (χ0) is 13.0. The van der Waals surface area contributed by atoms with Crippen LogP contribution in [0.2, 0.25) is 0 Å². The molecule has 2 heteroatoms. The van der Waals surface area contributed by atoms with E-state index < -0.39 is 5.60 Å². The Labute approximate surface area is 108 Å². The number of hydrogen-bond donors (Lipinski definition) is 1. The van der Waals surface area contributed by atoms with Gasteiger partial charge in [-0.1, -0.05) is 37.3 Å². The van der Waals surface area contributed by atoms with Crippen LogP contribution in [0.5, 0.6) is 0 Å². The van der Waals surface area contributed by atoms with Gasteiger partial charge < -0.3 is 5.11 Å². The first-order valence-corrected chi connectivity index (χ1v) is 6.33. The maximum absolute atomic E-state index is 10.6. The summed E-state index contributed by atoms with van der Waals surface area (Å²) < 4.78 is 0. The van der Waals surface area contributed by atoms with Crippen LogP contribution in [-0.4, -0.2) is 10.1 Å². The number of benzene rings is 1. The Hall–Kier alpha value is -1.67. The molecule has 0 bridgehead atoms. The Bertz CT molecular complexity index is 488. The normalized spacial score (nSPS) is 14.2. The monoisotopic (exact) mass is 241 g/mol. The van der Waals surface area contributed by atoms with Gasteiger partial charge in [0.2, 0.25) is 0 Å². The second-order valence-corrected chi connectivity index (χ2v) is 4.82. The van der Waals surface area contributed by atoms with Crippen molar-refractivity contribution in [2.24, 2.45) is 0 Å². The maximum atomic E-state index is 10.6. The van der Waals surface area contributed by atoms with Crippen molar-refractivity contribution in [3.05, 3.63) is 65.5 Å². The van der Waals surface area contributed by atoms with Crippen LogP contribution in [0.1, 0.15) is 30.7 Å². The first kappa shape index (κ1) is 12.8. The smallest absolute Gasteiger partial charge is 0.0923 e. The van der Waals surface area contributed by atoms with E-state index in [1.165, 1.54) is 5.56 Å². The van der Waals surface area contributed by atoms with Crippen LogP contribution < -0.4 is 0 Å². The lowest BCUT2D eigenvalue weighted by atomic mass is 9.90. The Morgan fingerprint density at radius 1 is 1.11 bits per heavy atom. The number of pyridine rings is 1. The zero-order valence-corrected chi connectivity index (χ0v) is 10.9. The fourth-order valence-electron chi connectivity index (χ4n) is 2.06. The molecule has 2 rings (SSSR count). The molecule has 0 aliphatic heterocycles. The molecular formula is C16H19NO. The average molecular weight is 241 g/mol. The molecule has 2 nitrogen and oxygen atoms in total. The van der Waals surface area contributed by atoms with Crippen molar-refractivity contribution < 1.29 is 5.11 Å². The molecule has 0 aliphatic carbocycles. The highest BCUT2D eigenvalue weighted by molar-refractivity contribution is 5.28. The third-order valence-electron chi connectivity index (χ3n) is 3.24. The van der Waals surface area contributed by atoms with Gasteiger partial charge in [0.05, 0.1) is 5.60 Å². The van der Waals surface area contributed by atoms with E-state index in [1.807, 2.05) is 37.3 Å². The summed E-state index contributed by atoms with van der Waals surface area (Å²) in [6.45, 7) is 3.96. The van der Waals surface area contributed by atoms with E-state index in [4.69, 9.17) is 0 Å². The van der Waals surface area contributed by atoms with Gasteiger partial charge in [0.1, 0.15) is 0 Å². The second kappa shape index (κ2) is 5.32. The number of aromatic nitrogens is 1. The minimum atomic E-state index is -0.874. The highest BCUT2D eigenvalue weighted by Gasteiger charge is 2.23. The lowest BCUT2D eigenvalue weighted by molar-refractivity contribution is 0.0566. The number of rotatable bonds is 4. The minimum absolute atomic E-state index is 0.527. The number of aryl methyl sites for hydroxylation is 1. The SMILES string of the molecule is CCc1ccc(C(C)(O)Cc2ccccn2)cc1. The molecular weight excluding hydrogens is 222 g/mol. The fraction of sp³-hybridized carbons (Fsp3) is 0.312. The summed E-state index contributed by atoms with van der Waals surface area (Å²) >= 11 is 0. The lowest BCUT2D eigenvalue weighted by Crippen LogP contribution is -2.24. The van der Waals surface area contributed by atoms with E-state index >= 15 is 0 Å². The summed E-state index contributed by atoms with van der Waals surface area (Å²) in [5.74, 6) is 0. The van der Waals surface area contributed by atoms with Gasteiger partial charge in [-0.2, -0.15) is 0 Å². The van der Waals surface area contributed by atoms with Crippen molar-refractivity contribution in [1.82, 2.24) is 4.98 Å². The second-order valence-electron chi connectivity index (χ2n) is 4.82. The summed E-state index contributed by atoms with van der Waals surface area (Å²) in [6.07, 6.45) is 3.30. The van der Waals surface area contributed by atoms with Crippen LogP contribution in [0.25, 0.3) is 0 Å². The summed E-state index contributed by atoms with van der Waals surface area (Å²) in [5, 5.41) is 10.6. The molecule has 1 heterocycles. The van der Waals surface area contributed by atoms with Crippen LogP contribution >= 0.6 is 0 Å². The number of nitrogens with zero attached hydrogens (tertiary/aromatic N) is 1. The molecule has 0 radical (unpaired) electrons. The molecule has 1 aromatic heterocycles. The minimum Gasteiger partial charge on any atom is -0.385 e. The first-order chi connectivity index (χ1) is 8.62. The predicted octanol–water partition coefficient (Wildman–Crippen LogP) is 3.09. The zero-order valence-electron chi connectivity index (χ0n) is 10.9. The summed E-state index contributed by atoms with van der Waals surface area (Å²) in [7, 11) is 0. The Balaban J connectivity index is 2.19. The third-order valence-corrected chi connectivity index (χ3v) is 3.24. The van der Waals surface area contributed by atoms with Gasteiger partial charge in [-0.3, -0.25) is 4.98 Å². The van der Waals surface area contributed by atoms with Gasteiger partial charge in [0, 0.05) is 18.3 Å². The summed E-state index contributed by atoms with van der Waals surface area (Å²) in [5.41, 5.74) is 2.25. The van der Waals surface area contributed by atoms with Crippen LogP contribution in [0.15, 0.2) is 48.7 Å². The van der Waals surface area contributed by atoms with E-state index in [-0.39, 0.29) is 0 Å². The van der Waals surface area contributed by atoms with Gasteiger partial charge in [-0.15, -0.1) is 0 Å². The maximum Gasteiger partial charge on any atom is 0.0923 e. The topological polar surface area (TPSA) is 33.1 Å². The third kappa shape index (κ3) is 2.96. The van der Waals surface area contributed by atoms with Crippen molar-refractivity contribution in [3.8, 4) is 0 Å². The molecule has 0 amide bonds. The van der Waals surface area contributed by atoms with Gasteiger partial charge >= 0.3 is 0 Å². The standard InChI is InChI=1S/C16H19NO/c1-3-13-7-9-14(10-8-13)16(2,18)12-15-6-4-5-11-17-15/h4-11,18H,3,12H2,1-2H3. The Kier molecular flexibility index (Phi) is 3.78. The highest BCUT2D eigenvalue weighted by atomic mass is 16.3. The molecule has 0 fully saturated rings. The van der Waals surface area contributed by atoms with E-state index in [2.05, 4.69) is 24.0 Å². The molecule has 1 unspecified atom stereocenters. The van der Waals surface area contributed by atoms with Crippen molar-refractivity contribution >= 4 is 0 Å². The van der Waals surface area contributed by atoms with Crippen LogP contribution in [0, 0.1) is 0 Å². The Morgan fingerprint density at radius 3 is 2.39 bits per heavy atom. The molecule has 1 aromatic carbocycles. The van der Waals surface area contributed by atoms with E-state index in [9.17, 15) is 5.11 Å². The van der Waals surface area contributed by atoms with Crippen LogP contribution in [-0.2, 0) is 18.4 Å². The van der Waals surface area contributed by atoms with Crippen molar-refractivity contribution in [3.63, 3.8) is 0 Å². The molecule has 2 aromatic rings. The summed E-state index contributed by atoms with van der Waals surface area (Å²) in [4.78, 5) is 4.26. The molecule has 94 valence electrons. The van der Waals surface area contributed by atoms with Crippen LogP contribution in [0.4, 0.5) is 0 Å². The van der Waals surface area contributed by atoms with Gasteiger partial charge in [0.15, 0.2) is 0 Å². The fourth-order valence-corrected chi connectivity index (χ4v) is 2.06. The predicted molar refractivity (Wildman–Crippen MR) is 73.3 cm³/mol. The van der Waals surface area contributed by atoms with E-state index in [1.54, 1.807) is 6.20 Å². The molecule has 0 spiro atoms. The van der Waals surface area contributed by atoms with Crippen molar-refractivity contribution in [2.75, 3.05) is 0 Å². The highest BCUT2D eigenvalue weighted by Crippen LogP contribution is 2.24. The largest absolute Gasteiger partial charge is 0.385 e. The molecule has 0 saturated heterocycles. The number of hydrogen-bond acceptors (Lipinski definition) is 2. The molecule has 0 aliphatic rings. The van der Waals surface area contributed by atoms with Crippen molar-refractivity contribution in [2.45, 2.75) is 32.3 Å². The van der Waals surface area contributed by atoms with Gasteiger partial charge in [-0.25, -0.2) is 0 Å². The molecule has 1 atom stereocenters. The quantitative estimate of drug-likeness (QED) is 0.892. The van der Waals surface area contributed by atoms with Gasteiger partial charge in [0.25, 0.3) is 0 Å².